The molecule has 0 spiro atoms. The molecule has 8 heteroatoms. The number of benzene rings is 2. The van der Waals surface area contributed by atoms with Crippen molar-refractivity contribution < 1.29 is 14.3 Å². The number of aliphatic imine (C=N–C) groups is 1. The minimum Gasteiger partial charge on any atom is -0.490 e. The number of nitrogens with one attached hydrogen (secondary N) is 1. The fraction of sp³-hybridized carbons (Fsp3) is 0.280. The number of carbonyl (C=O) groups is 1. The molecule has 0 saturated heterocycles. The van der Waals surface area contributed by atoms with E-state index >= 15 is 0 Å². The van der Waals surface area contributed by atoms with Gasteiger partial charge in [0.1, 0.15) is 29.8 Å². The van der Waals surface area contributed by atoms with Gasteiger partial charge in [-0.15, -0.1) is 0 Å². The van der Waals surface area contributed by atoms with E-state index < -0.39 is 5.91 Å². The second-order valence-corrected chi connectivity index (χ2v) is 9.14. The summed E-state index contributed by atoms with van der Waals surface area (Å²) in [5.74, 6) is 1.38. The number of fused-ring (bicyclic) bond motifs is 1. The zero-order valence-corrected chi connectivity index (χ0v) is 19.9. The van der Waals surface area contributed by atoms with Crippen molar-refractivity contribution >= 4 is 39.8 Å². The molecule has 1 N–H and O–H groups in total. The molecule has 0 aromatic heterocycles. The predicted octanol–water partition coefficient (Wildman–Crippen LogP) is 5.04. The summed E-state index contributed by atoms with van der Waals surface area (Å²) in [5.41, 5.74) is 3.30. The van der Waals surface area contributed by atoms with Crippen LogP contribution in [0.5, 0.6) is 11.5 Å². The molecule has 2 aliphatic heterocycles. The van der Waals surface area contributed by atoms with Crippen molar-refractivity contribution in [2.75, 3.05) is 13.2 Å². The molecule has 33 heavy (non-hydrogen) atoms. The van der Waals surface area contributed by atoms with Gasteiger partial charge in [-0.1, -0.05) is 43.7 Å². The summed E-state index contributed by atoms with van der Waals surface area (Å²) in [6.45, 7) is 8.97. The predicted molar refractivity (Wildman–Crippen MR) is 133 cm³/mol. The molecule has 0 bridgehead atoms. The molecule has 0 aliphatic carbocycles. The van der Waals surface area contributed by atoms with E-state index in [2.05, 4.69) is 23.1 Å². The van der Waals surface area contributed by atoms with Crippen LogP contribution in [0.2, 0.25) is 0 Å². The number of thioether (sulfide) groups is 1. The van der Waals surface area contributed by atoms with Gasteiger partial charge in [0.2, 0.25) is 5.17 Å². The largest absolute Gasteiger partial charge is 0.490 e. The van der Waals surface area contributed by atoms with Crippen molar-refractivity contribution in [1.82, 2.24) is 5.01 Å². The Balaban J connectivity index is 1.36. The molecule has 170 valence electrons. The van der Waals surface area contributed by atoms with Crippen molar-refractivity contribution in [2.45, 2.75) is 27.7 Å². The van der Waals surface area contributed by atoms with Crippen LogP contribution in [0.25, 0.3) is 6.08 Å². The van der Waals surface area contributed by atoms with E-state index in [-0.39, 0.29) is 17.3 Å². The van der Waals surface area contributed by atoms with E-state index in [0.717, 1.165) is 21.9 Å². The third-order valence-corrected chi connectivity index (χ3v) is 6.30. The molecule has 1 amide bonds. The van der Waals surface area contributed by atoms with Crippen LogP contribution in [0.1, 0.15) is 30.5 Å². The van der Waals surface area contributed by atoms with Gasteiger partial charge in [0, 0.05) is 5.92 Å². The number of rotatable bonds is 7. The van der Waals surface area contributed by atoms with Crippen LogP contribution in [0.4, 0.5) is 0 Å². The lowest BCUT2D eigenvalue weighted by Crippen LogP contribution is -2.35. The van der Waals surface area contributed by atoms with Gasteiger partial charge in [-0.2, -0.15) is 15.1 Å². The fourth-order valence-corrected chi connectivity index (χ4v) is 4.23. The Hall–Kier alpha value is -3.39. The lowest BCUT2D eigenvalue weighted by atomic mass is 10.1. The Morgan fingerprint density at radius 3 is 2.52 bits per heavy atom. The highest BCUT2D eigenvalue weighted by Gasteiger charge is 2.36. The lowest BCUT2D eigenvalue weighted by molar-refractivity contribution is -0.114. The van der Waals surface area contributed by atoms with Crippen LogP contribution < -0.4 is 9.47 Å². The molecular weight excluding hydrogens is 436 g/mol. The maximum Gasteiger partial charge on any atom is 0.283 e. The highest BCUT2D eigenvalue weighted by atomic mass is 32.2. The average molecular weight is 463 g/mol. The molecule has 0 saturated carbocycles. The van der Waals surface area contributed by atoms with E-state index in [1.54, 1.807) is 6.08 Å². The van der Waals surface area contributed by atoms with Gasteiger partial charge < -0.3 is 9.47 Å². The van der Waals surface area contributed by atoms with Gasteiger partial charge in [-0.3, -0.25) is 10.2 Å². The zero-order valence-electron chi connectivity index (χ0n) is 19.1. The van der Waals surface area contributed by atoms with Crippen LogP contribution in [0.15, 0.2) is 58.1 Å². The number of carbonyl (C=O) groups excluding carboxylic acids is 1. The number of hydrogen-bond donors (Lipinski definition) is 1. The van der Waals surface area contributed by atoms with Crippen molar-refractivity contribution in [3.63, 3.8) is 0 Å². The Labute approximate surface area is 197 Å². The SMILES string of the molecule is Cc1ccc(OCCOc2ccc(C=C3C(=N)N4N=C(C(C)C)SC4=NC3=O)cc2)c(C)c1. The summed E-state index contributed by atoms with van der Waals surface area (Å²) in [6, 6.07) is 13.4. The first-order chi connectivity index (χ1) is 15.8. The number of hydrogen-bond acceptors (Lipinski definition) is 6. The Morgan fingerprint density at radius 2 is 1.82 bits per heavy atom. The Kier molecular flexibility index (Phi) is 6.65. The first kappa shape index (κ1) is 22.8. The summed E-state index contributed by atoms with van der Waals surface area (Å²) in [5, 5.41) is 15.6. The van der Waals surface area contributed by atoms with Crippen molar-refractivity contribution in [3.05, 3.63) is 64.7 Å². The van der Waals surface area contributed by atoms with Crippen LogP contribution in [-0.4, -0.2) is 40.2 Å². The summed E-state index contributed by atoms with van der Waals surface area (Å²) < 4.78 is 11.6. The number of amides is 1. The minimum absolute atomic E-state index is 0.0389. The first-order valence-corrected chi connectivity index (χ1v) is 11.6. The number of nitrogens with zero attached hydrogens (tertiary/aromatic N) is 3. The van der Waals surface area contributed by atoms with Gasteiger partial charge in [-0.25, -0.2) is 0 Å². The molecule has 7 nitrogen and oxygen atoms in total. The number of ether oxygens (including phenoxy) is 2. The van der Waals surface area contributed by atoms with Crippen molar-refractivity contribution in [2.24, 2.45) is 16.0 Å². The number of amidine groups is 2. The molecule has 0 radical (unpaired) electrons. The second-order valence-electron chi connectivity index (χ2n) is 8.15. The quantitative estimate of drug-likeness (QED) is 0.460. The van der Waals surface area contributed by atoms with Crippen LogP contribution in [-0.2, 0) is 4.79 Å². The summed E-state index contributed by atoms with van der Waals surface area (Å²) in [6.07, 6.45) is 1.66. The molecule has 2 aliphatic rings. The molecule has 0 atom stereocenters. The monoisotopic (exact) mass is 462 g/mol. The smallest absolute Gasteiger partial charge is 0.283 e. The van der Waals surface area contributed by atoms with E-state index in [4.69, 9.17) is 14.9 Å². The summed E-state index contributed by atoms with van der Waals surface area (Å²) >= 11 is 1.34. The molecule has 2 aromatic carbocycles. The maximum atomic E-state index is 12.5. The maximum absolute atomic E-state index is 12.5. The topological polar surface area (TPSA) is 87.3 Å². The van der Waals surface area contributed by atoms with E-state index in [1.165, 1.54) is 22.3 Å². The fourth-order valence-electron chi connectivity index (χ4n) is 3.34. The standard InChI is InChI=1S/C25H26N4O3S/c1-15(2)24-28-29-22(26)20(23(30)27-25(29)33-24)14-18-6-8-19(9-7-18)31-11-12-32-21-10-5-16(3)13-17(21)4/h5-10,13-15,26H,11-12H2,1-4H3. The summed E-state index contributed by atoms with van der Waals surface area (Å²) in [7, 11) is 0. The average Bonchev–Trinajstić information content (AvgIpc) is 3.21. The zero-order chi connectivity index (χ0) is 23.5. The molecule has 4 rings (SSSR count). The van der Waals surface area contributed by atoms with E-state index in [9.17, 15) is 4.79 Å². The third-order valence-electron chi connectivity index (χ3n) is 5.10. The number of aryl methyl sites for hydroxylation is 2. The number of hydrazone groups is 1. The van der Waals surface area contributed by atoms with E-state index in [1.807, 2.05) is 57.2 Å². The molecule has 2 aromatic rings. The highest BCUT2D eigenvalue weighted by Crippen LogP contribution is 2.31. The minimum atomic E-state index is -0.428. The van der Waals surface area contributed by atoms with Crippen LogP contribution >= 0.6 is 11.8 Å². The van der Waals surface area contributed by atoms with E-state index in [0.29, 0.717) is 24.1 Å². The molecule has 0 unspecified atom stereocenters. The van der Waals surface area contributed by atoms with Crippen LogP contribution in [0, 0.1) is 25.2 Å². The van der Waals surface area contributed by atoms with Crippen molar-refractivity contribution in [3.8, 4) is 11.5 Å². The van der Waals surface area contributed by atoms with Crippen molar-refractivity contribution in [1.29, 1.82) is 5.41 Å². The first-order valence-electron chi connectivity index (χ1n) is 10.7. The third kappa shape index (κ3) is 5.17. The molecule has 2 heterocycles. The molecule has 0 fully saturated rings. The lowest BCUT2D eigenvalue weighted by Gasteiger charge is -2.20. The Morgan fingerprint density at radius 1 is 1.09 bits per heavy atom. The normalized spacial score (nSPS) is 16.8. The Bertz CT molecular complexity index is 1180. The van der Waals surface area contributed by atoms with Gasteiger partial charge in [-0.05, 0) is 61.0 Å². The second kappa shape index (κ2) is 9.62. The van der Waals surface area contributed by atoms with Gasteiger partial charge in [0.15, 0.2) is 5.84 Å². The highest BCUT2D eigenvalue weighted by molar-refractivity contribution is 8.27. The van der Waals surface area contributed by atoms with Gasteiger partial charge in [0.25, 0.3) is 5.91 Å². The van der Waals surface area contributed by atoms with Gasteiger partial charge in [0.05, 0.1) is 5.57 Å². The molecular formula is C25H26N4O3S. The summed E-state index contributed by atoms with van der Waals surface area (Å²) in [4.78, 5) is 16.6. The van der Waals surface area contributed by atoms with Gasteiger partial charge >= 0.3 is 0 Å². The van der Waals surface area contributed by atoms with Crippen LogP contribution in [0.3, 0.4) is 0 Å².